The monoisotopic (exact) mass is 445 g/mol. The highest BCUT2D eigenvalue weighted by Crippen LogP contribution is 2.42. The fourth-order valence-electron chi connectivity index (χ4n) is 3.15. The van der Waals surface area contributed by atoms with Gasteiger partial charge in [-0.3, -0.25) is 4.79 Å². The molecular formula is C22H18Cl2FN3O2. The second-order valence-electron chi connectivity index (χ2n) is 6.80. The third-order valence-electron chi connectivity index (χ3n) is 4.72. The molecule has 0 bridgehead atoms. The Bertz CT molecular complexity index is 1110. The second-order valence-corrected chi connectivity index (χ2v) is 7.59. The predicted octanol–water partition coefficient (Wildman–Crippen LogP) is 5.84. The summed E-state index contributed by atoms with van der Waals surface area (Å²) in [5.41, 5.74) is 2.61. The van der Waals surface area contributed by atoms with Crippen molar-refractivity contribution in [3.8, 4) is 16.9 Å². The van der Waals surface area contributed by atoms with Gasteiger partial charge >= 0.3 is 0 Å². The number of carbonyl (C=O) groups is 1. The molecule has 4 rings (SSSR count). The van der Waals surface area contributed by atoms with E-state index in [9.17, 15) is 9.18 Å². The Hall–Kier alpha value is -2.83. The first kappa shape index (κ1) is 20.4. The van der Waals surface area contributed by atoms with E-state index in [0.29, 0.717) is 34.3 Å². The minimum absolute atomic E-state index is 0.0926. The third kappa shape index (κ3) is 3.93. The zero-order valence-corrected chi connectivity index (χ0v) is 17.5. The topological polar surface area (TPSA) is 63.2 Å². The molecule has 1 aromatic heterocycles. The molecule has 2 N–H and O–H groups in total. The molecule has 30 heavy (non-hydrogen) atoms. The van der Waals surface area contributed by atoms with Crippen molar-refractivity contribution >= 4 is 34.9 Å². The first-order valence-corrected chi connectivity index (χ1v) is 10.2. The lowest BCUT2D eigenvalue weighted by molar-refractivity contribution is 0.0953. The van der Waals surface area contributed by atoms with E-state index in [4.69, 9.17) is 27.9 Å². The van der Waals surface area contributed by atoms with Gasteiger partial charge < -0.3 is 15.4 Å². The zero-order valence-electron chi connectivity index (χ0n) is 16.0. The molecule has 3 aromatic rings. The van der Waals surface area contributed by atoms with Gasteiger partial charge in [0.15, 0.2) is 11.6 Å². The number of anilines is 1. The van der Waals surface area contributed by atoms with Crippen LogP contribution in [0.15, 0.2) is 48.7 Å². The van der Waals surface area contributed by atoms with Gasteiger partial charge in [-0.05, 0) is 42.3 Å². The summed E-state index contributed by atoms with van der Waals surface area (Å²) in [6.45, 7) is 2.64. The average molecular weight is 446 g/mol. The highest BCUT2D eigenvalue weighted by molar-refractivity contribution is 6.36. The number of amides is 1. The Morgan fingerprint density at radius 1 is 1.20 bits per heavy atom. The van der Waals surface area contributed by atoms with Gasteiger partial charge in [-0.2, -0.15) is 0 Å². The third-order valence-corrected chi connectivity index (χ3v) is 5.44. The number of ether oxygens (including phenoxy) is 1. The van der Waals surface area contributed by atoms with Gasteiger partial charge in [0.05, 0.1) is 15.6 Å². The molecule has 2 aromatic carbocycles. The summed E-state index contributed by atoms with van der Waals surface area (Å²) < 4.78 is 19.8. The van der Waals surface area contributed by atoms with Crippen molar-refractivity contribution in [2.24, 2.45) is 0 Å². The summed E-state index contributed by atoms with van der Waals surface area (Å²) in [7, 11) is 0. The largest absolute Gasteiger partial charge is 0.462 e. The lowest BCUT2D eigenvalue weighted by atomic mass is 10.1. The van der Waals surface area contributed by atoms with E-state index in [2.05, 4.69) is 15.6 Å². The normalized spacial score (nSPS) is 14.6. The van der Waals surface area contributed by atoms with Gasteiger partial charge in [-0.15, -0.1) is 0 Å². The molecule has 2 heterocycles. The summed E-state index contributed by atoms with van der Waals surface area (Å²) in [6.07, 6.45) is 1.83. The van der Waals surface area contributed by atoms with E-state index < -0.39 is 12.0 Å². The molecule has 0 fully saturated rings. The van der Waals surface area contributed by atoms with Crippen molar-refractivity contribution in [3.63, 3.8) is 0 Å². The van der Waals surface area contributed by atoms with Crippen molar-refractivity contribution in [1.29, 1.82) is 0 Å². The second kappa shape index (κ2) is 8.50. The highest BCUT2D eigenvalue weighted by atomic mass is 35.5. The number of fused-ring (bicyclic) bond motifs is 1. The smallest absolute Gasteiger partial charge is 0.251 e. The van der Waals surface area contributed by atoms with Crippen LogP contribution in [-0.4, -0.2) is 17.4 Å². The van der Waals surface area contributed by atoms with Crippen LogP contribution in [0.1, 0.15) is 35.5 Å². The van der Waals surface area contributed by atoms with E-state index in [-0.39, 0.29) is 10.9 Å². The number of hydrogen-bond donors (Lipinski definition) is 2. The molecule has 0 saturated heterocycles. The van der Waals surface area contributed by atoms with Crippen molar-refractivity contribution in [2.75, 3.05) is 11.9 Å². The lowest BCUT2D eigenvalue weighted by Gasteiger charge is -2.15. The van der Waals surface area contributed by atoms with Crippen LogP contribution in [0.3, 0.4) is 0 Å². The lowest BCUT2D eigenvalue weighted by Crippen LogP contribution is -2.23. The number of nitrogens with one attached hydrogen (secondary N) is 2. The number of nitrogens with zero attached hydrogens (tertiary/aromatic N) is 1. The number of carbonyl (C=O) groups excluding carboxylic acids is 1. The number of rotatable bonds is 5. The molecule has 1 amide bonds. The standard InChI is InChI=1S/C22H18Cl2FN3O2/c1-2-9-26-21(29)13-5-3-12(4-6-13)14-10-17-20(27-11-14)28-22(30-17)18-15(23)7-8-16(25)19(18)24/h3-8,10-11,22H,2,9H2,1H3,(H,26,29)(H,27,28). The van der Waals surface area contributed by atoms with E-state index in [1.54, 1.807) is 18.3 Å². The number of halogens is 3. The molecule has 8 heteroatoms. The van der Waals surface area contributed by atoms with Crippen LogP contribution in [0, 0.1) is 5.82 Å². The van der Waals surface area contributed by atoms with Crippen LogP contribution in [0.5, 0.6) is 5.75 Å². The maximum Gasteiger partial charge on any atom is 0.251 e. The first-order chi connectivity index (χ1) is 14.5. The molecule has 0 spiro atoms. The van der Waals surface area contributed by atoms with Crippen LogP contribution in [0.2, 0.25) is 10.0 Å². The molecular weight excluding hydrogens is 428 g/mol. The quantitative estimate of drug-likeness (QED) is 0.484. The minimum Gasteiger partial charge on any atom is -0.462 e. The number of hydrogen-bond acceptors (Lipinski definition) is 4. The maximum atomic E-state index is 13.9. The van der Waals surface area contributed by atoms with Gasteiger partial charge in [0.25, 0.3) is 5.91 Å². The highest BCUT2D eigenvalue weighted by Gasteiger charge is 2.29. The summed E-state index contributed by atoms with van der Waals surface area (Å²) in [5, 5.41) is 6.11. The zero-order chi connectivity index (χ0) is 21.3. The van der Waals surface area contributed by atoms with Gasteiger partial charge in [-0.1, -0.05) is 42.3 Å². The summed E-state index contributed by atoms with van der Waals surface area (Å²) >= 11 is 12.3. The van der Waals surface area contributed by atoms with Crippen molar-refractivity contribution in [3.05, 3.63) is 75.7 Å². The molecule has 0 radical (unpaired) electrons. The molecule has 154 valence electrons. The van der Waals surface area contributed by atoms with Crippen molar-refractivity contribution < 1.29 is 13.9 Å². The predicted molar refractivity (Wildman–Crippen MR) is 116 cm³/mol. The van der Waals surface area contributed by atoms with Crippen LogP contribution < -0.4 is 15.4 Å². The first-order valence-electron chi connectivity index (χ1n) is 9.43. The molecule has 5 nitrogen and oxygen atoms in total. The number of pyridine rings is 1. The van der Waals surface area contributed by atoms with E-state index in [1.807, 2.05) is 25.1 Å². The Morgan fingerprint density at radius 2 is 1.97 bits per heavy atom. The molecule has 0 saturated carbocycles. The van der Waals surface area contributed by atoms with Gasteiger partial charge in [-0.25, -0.2) is 9.37 Å². The van der Waals surface area contributed by atoms with E-state index in [0.717, 1.165) is 17.5 Å². The van der Waals surface area contributed by atoms with Crippen LogP contribution in [-0.2, 0) is 0 Å². The van der Waals surface area contributed by atoms with Crippen LogP contribution in [0.4, 0.5) is 10.2 Å². The van der Waals surface area contributed by atoms with Gasteiger partial charge in [0, 0.05) is 23.9 Å². The number of aromatic nitrogens is 1. The molecule has 1 unspecified atom stereocenters. The Labute approximate surface area is 183 Å². The average Bonchev–Trinajstić information content (AvgIpc) is 3.17. The minimum atomic E-state index is -0.747. The molecule has 1 aliphatic heterocycles. The van der Waals surface area contributed by atoms with Crippen LogP contribution in [0.25, 0.3) is 11.1 Å². The molecule has 1 atom stereocenters. The van der Waals surface area contributed by atoms with E-state index >= 15 is 0 Å². The molecule has 1 aliphatic rings. The summed E-state index contributed by atoms with van der Waals surface area (Å²) in [4.78, 5) is 16.5. The Morgan fingerprint density at radius 3 is 2.70 bits per heavy atom. The number of benzene rings is 2. The van der Waals surface area contributed by atoms with Crippen molar-refractivity contribution in [1.82, 2.24) is 10.3 Å². The van der Waals surface area contributed by atoms with Crippen LogP contribution >= 0.6 is 23.2 Å². The molecule has 0 aliphatic carbocycles. The fourth-order valence-corrected chi connectivity index (χ4v) is 3.72. The van der Waals surface area contributed by atoms with E-state index in [1.165, 1.54) is 12.1 Å². The van der Waals surface area contributed by atoms with Gasteiger partial charge in [0.2, 0.25) is 6.23 Å². The Kier molecular flexibility index (Phi) is 5.79. The summed E-state index contributed by atoms with van der Waals surface area (Å²) in [6, 6.07) is 11.7. The SMILES string of the molecule is CCCNC(=O)c1ccc(-c2cnc3c(c2)OC(c2c(Cl)ccc(F)c2Cl)N3)cc1. The Balaban J connectivity index is 1.55. The van der Waals surface area contributed by atoms with Gasteiger partial charge in [0.1, 0.15) is 5.82 Å². The van der Waals surface area contributed by atoms with Crippen molar-refractivity contribution in [2.45, 2.75) is 19.6 Å². The fraction of sp³-hybridized carbons (Fsp3) is 0.182. The maximum absolute atomic E-state index is 13.9. The summed E-state index contributed by atoms with van der Waals surface area (Å²) in [5.74, 6) is 0.332.